The molecule has 0 atom stereocenters. The standard InChI is InChI=1S/C23H25N5O3/c1-16(29)24-20-7-3-18(4-8-20)15-22(30)28-13-11-27(12-14-28)21-9-5-19(6-10-21)23-25-17(2)31-26-23/h3-10H,11-15H2,1-2H3,(H,24,29). The number of carbonyl (C=O) groups excluding carboxylic acids is 2. The Labute approximate surface area is 180 Å². The third-order valence-corrected chi connectivity index (χ3v) is 5.28. The van der Waals surface area contributed by atoms with Crippen LogP contribution in [0.4, 0.5) is 11.4 Å². The number of nitrogens with one attached hydrogen (secondary N) is 1. The lowest BCUT2D eigenvalue weighted by Gasteiger charge is -2.36. The summed E-state index contributed by atoms with van der Waals surface area (Å²) < 4.78 is 5.04. The normalized spacial score (nSPS) is 13.9. The number of amides is 2. The Hall–Kier alpha value is -3.68. The van der Waals surface area contributed by atoms with E-state index >= 15 is 0 Å². The number of carbonyl (C=O) groups is 2. The smallest absolute Gasteiger partial charge is 0.227 e. The molecule has 31 heavy (non-hydrogen) atoms. The van der Waals surface area contributed by atoms with Gasteiger partial charge in [-0.25, -0.2) is 0 Å². The number of hydrogen-bond acceptors (Lipinski definition) is 6. The molecular weight excluding hydrogens is 394 g/mol. The molecule has 2 aromatic carbocycles. The first-order chi connectivity index (χ1) is 15.0. The highest BCUT2D eigenvalue weighted by molar-refractivity contribution is 5.88. The highest BCUT2D eigenvalue weighted by Gasteiger charge is 2.21. The van der Waals surface area contributed by atoms with Gasteiger partial charge in [0.15, 0.2) is 0 Å². The van der Waals surface area contributed by atoms with E-state index in [-0.39, 0.29) is 11.8 Å². The Bertz CT molecular complexity index is 1050. The van der Waals surface area contributed by atoms with Crippen LogP contribution in [0.2, 0.25) is 0 Å². The van der Waals surface area contributed by atoms with Crippen molar-refractivity contribution in [2.45, 2.75) is 20.3 Å². The summed E-state index contributed by atoms with van der Waals surface area (Å²) in [6.45, 7) is 6.19. The Kier molecular flexibility index (Phi) is 5.97. The fourth-order valence-electron chi connectivity index (χ4n) is 3.65. The zero-order valence-corrected chi connectivity index (χ0v) is 17.7. The Balaban J connectivity index is 1.30. The molecule has 3 aromatic rings. The molecule has 1 aliphatic heterocycles. The molecular formula is C23H25N5O3. The van der Waals surface area contributed by atoms with Crippen molar-refractivity contribution < 1.29 is 14.1 Å². The lowest BCUT2D eigenvalue weighted by molar-refractivity contribution is -0.130. The number of hydrogen-bond donors (Lipinski definition) is 1. The van der Waals surface area contributed by atoms with Gasteiger partial charge in [0.05, 0.1) is 6.42 Å². The molecule has 0 spiro atoms. The van der Waals surface area contributed by atoms with Gasteiger partial charge in [-0.1, -0.05) is 17.3 Å². The zero-order chi connectivity index (χ0) is 21.8. The van der Waals surface area contributed by atoms with Gasteiger partial charge in [-0.2, -0.15) is 4.98 Å². The van der Waals surface area contributed by atoms with Gasteiger partial charge in [0.25, 0.3) is 0 Å². The predicted molar refractivity (Wildman–Crippen MR) is 118 cm³/mol. The largest absolute Gasteiger partial charge is 0.368 e. The SMILES string of the molecule is CC(=O)Nc1ccc(CC(=O)N2CCN(c3ccc(-c4noc(C)n4)cc3)CC2)cc1. The summed E-state index contributed by atoms with van der Waals surface area (Å²) in [5.41, 5.74) is 3.70. The fraction of sp³-hybridized carbons (Fsp3) is 0.304. The first kappa shape index (κ1) is 20.6. The molecule has 4 rings (SSSR count). The molecule has 0 aliphatic carbocycles. The molecule has 8 heteroatoms. The topological polar surface area (TPSA) is 91.6 Å². The van der Waals surface area contributed by atoms with Crippen LogP contribution in [0.15, 0.2) is 53.1 Å². The summed E-state index contributed by atoms with van der Waals surface area (Å²) in [5.74, 6) is 1.14. The number of piperazine rings is 1. The van der Waals surface area contributed by atoms with E-state index in [0.29, 0.717) is 31.2 Å². The second kappa shape index (κ2) is 8.99. The van der Waals surface area contributed by atoms with E-state index < -0.39 is 0 Å². The van der Waals surface area contributed by atoms with Gasteiger partial charge in [0, 0.05) is 57.0 Å². The van der Waals surface area contributed by atoms with E-state index in [4.69, 9.17) is 4.52 Å². The van der Waals surface area contributed by atoms with Gasteiger partial charge < -0.3 is 19.6 Å². The molecule has 1 aliphatic rings. The number of anilines is 2. The molecule has 1 N–H and O–H groups in total. The van der Waals surface area contributed by atoms with Crippen LogP contribution in [-0.4, -0.2) is 53.0 Å². The second-order valence-corrected chi connectivity index (χ2v) is 7.61. The van der Waals surface area contributed by atoms with Crippen molar-refractivity contribution in [3.63, 3.8) is 0 Å². The Morgan fingerprint density at radius 1 is 1.00 bits per heavy atom. The van der Waals surface area contributed by atoms with E-state index in [9.17, 15) is 9.59 Å². The van der Waals surface area contributed by atoms with E-state index in [1.807, 2.05) is 41.3 Å². The molecule has 0 unspecified atom stereocenters. The van der Waals surface area contributed by atoms with Crippen LogP contribution >= 0.6 is 0 Å². The lowest BCUT2D eigenvalue weighted by atomic mass is 10.1. The highest BCUT2D eigenvalue weighted by Crippen LogP contribution is 2.22. The van der Waals surface area contributed by atoms with Crippen molar-refractivity contribution in [3.05, 3.63) is 60.0 Å². The molecule has 8 nitrogen and oxygen atoms in total. The molecule has 1 saturated heterocycles. The van der Waals surface area contributed by atoms with Gasteiger partial charge in [0.2, 0.25) is 23.5 Å². The minimum atomic E-state index is -0.110. The van der Waals surface area contributed by atoms with Crippen LogP contribution in [-0.2, 0) is 16.0 Å². The average molecular weight is 419 g/mol. The average Bonchev–Trinajstić information content (AvgIpc) is 3.21. The predicted octanol–water partition coefficient (Wildman–Crippen LogP) is 2.89. The first-order valence-electron chi connectivity index (χ1n) is 10.3. The molecule has 1 aromatic heterocycles. The fourth-order valence-corrected chi connectivity index (χ4v) is 3.65. The van der Waals surface area contributed by atoms with Gasteiger partial charge >= 0.3 is 0 Å². The van der Waals surface area contributed by atoms with Crippen molar-refractivity contribution in [2.24, 2.45) is 0 Å². The van der Waals surface area contributed by atoms with Crippen LogP contribution in [0, 0.1) is 6.92 Å². The first-order valence-corrected chi connectivity index (χ1v) is 10.3. The number of aromatic nitrogens is 2. The maximum absolute atomic E-state index is 12.7. The maximum atomic E-state index is 12.7. The monoisotopic (exact) mass is 419 g/mol. The van der Waals surface area contributed by atoms with Gasteiger partial charge in [-0.3, -0.25) is 9.59 Å². The summed E-state index contributed by atoms with van der Waals surface area (Å²) in [6, 6.07) is 15.5. The van der Waals surface area contributed by atoms with Gasteiger partial charge in [-0.05, 0) is 42.0 Å². The molecule has 160 valence electrons. The minimum Gasteiger partial charge on any atom is -0.368 e. The summed E-state index contributed by atoms with van der Waals surface area (Å²) in [7, 11) is 0. The van der Waals surface area contributed by atoms with Crippen molar-refractivity contribution in [1.29, 1.82) is 0 Å². The van der Waals surface area contributed by atoms with Crippen LogP contribution in [0.25, 0.3) is 11.4 Å². The quantitative estimate of drug-likeness (QED) is 0.684. The van der Waals surface area contributed by atoms with E-state index in [1.54, 1.807) is 6.92 Å². The summed E-state index contributed by atoms with van der Waals surface area (Å²) in [5, 5.41) is 6.68. The van der Waals surface area contributed by atoms with Crippen molar-refractivity contribution in [1.82, 2.24) is 15.0 Å². The molecule has 0 bridgehead atoms. The summed E-state index contributed by atoms with van der Waals surface area (Å²) in [6.07, 6.45) is 0.360. The number of rotatable bonds is 5. The number of nitrogens with zero attached hydrogens (tertiary/aromatic N) is 4. The Morgan fingerprint density at radius 2 is 1.68 bits per heavy atom. The maximum Gasteiger partial charge on any atom is 0.227 e. The zero-order valence-electron chi connectivity index (χ0n) is 17.7. The Morgan fingerprint density at radius 3 is 2.26 bits per heavy atom. The number of benzene rings is 2. The van der Waals surface area contributed by atoms with Crippen LogP contribution in [0.1, 0.15) is 18.4 Å². The summed E-state index contributed by atoms with van der Waals surface area (Å²) in [4.78, 5) is 32.2. The second-order valence-electron chi connectivity index (χ2n) is 7.61. The van der Waals surface area contributed by atoms with Gasteiger partial charge in [-0.15, -0.1) is 0 Å². The third kappa shape index (κ3) is 5.09. The molecule has 0 saturated carbocycles. The molecule has 1 fully saturated rings. The van der Waals surface area contributed by atoms with Crippen molar-refractivity contribution in [3.8, 4) is 11.4 Å². The number of aryl methyl sites for hydroxylation is 1. The lowest BCUT2D eigenvalue weighted by Crippen LogP contribution is -2.49. The molecule has 2 heterocycles. The van der Waals surface area contributed by atoms with E-state index in [2.05, 4.69) is 32.5 Å². The van der Waals surface area contributed by atoms with Gasteiger partial charge in [0.1, 0.15) is 0 Å². The highest BCUT2D eigenvalue weighted by atomic mass is 16.5. The molecule has 0 radical (unpaired) electrons. The van der Waals surface area contributed by atoms with E-state index in [1.165, 1.54) is 6.92 Å². The molecule has 2 amide bonds. The van der Waals surface area contributed by atoms with Crippen molar-refractivity contribution >= 4 is 23.2 Å². The summed E-state index contributed by atoms with van der Waals surface area (Å²) >= 11 is 0. The van der Waals surface area contributed by atoms with Crippen LogP contribution in [0.3, 0.4) is 0 Å². The van der Waals surface area contributed by atoms with Crippen molar-refractivity contribution in [2.75, 3.05) is 36.4 Å². The third-order valence-electron chi connectivity index (χ3n) is 5.28. The minimum absolute atomic E-state index is 0.110. The van der Waals surface area contributed by atoms with Crippen LogP contribution < -0.4 is 10.2 Å². The van der Waals surface area contributed by atoms with Crippen LogP contribution in [0.5, 0.6) is 0 Å². The van der Waals surface area contributed by atoms with E-state index in [0.717, 1.165) is 35.6 Å².